The second-order valence-electron chi connectivity index (χ2n) is 5.81. The maximum Gasteiger partial charge on any atom is 0.00670 e. The van der Waals surface area contributed by atoms with Gasteiger partial charge in [0.05, 0.1) is 0 Å². The SMILES string of the molecule is CC(NCCCN1CCCCC1C)C1CC1. The van der Waals surface area contributed by atoms with E-state index in [0.717, 1.165) is 18.0 Å². The molecule has 2 heteroatoms. The monoisotopic (exact) mass is 224 g/mol. The average Bonchev–Trinajstić information content (AvgIpc) is 3.10. The summed E-state index contributed by atoms with van der Waals surface area (Å²) in [5.41, 5.74) is 0. The van der Waals surface area contributed by atoms with Gasteiger partial charge in [-0.1, -0.05) is 6.42 Å². The van der Waals surface area contributed by atoms with Crippen LogP contribution in [0, 0.1) is 5.92 Å². The summed E-state index contributed by atoms with van der Waals surface area (Å²) in [5.74, 6) is 0.994. The Hall–Kier alpha value is -0.0800. The van der Waals surface area contributed by atoms with E-state index < -0.39 is 0 Å². The number of hydrogen-bond donors (Lipinski definition) is 1. The minimum atomic E-state index is 0.763. The van der Waals surface area contributed by atoms with E-state index in [0.29, 0.717) is 0 Å². The molecule has 2 fully saturated rings. The van der Waals surface area contributed by atoms with Crippen LogP contribution in [0.2, 0.25) is 0 Å². The molecule has 0 aromatic heterocycles. The molecule has 2 rings (SSSR count). The Balaban J connectivity index is 1.52. The minimum Gasteiger partial charge on any atom is -0.314 e. The summed E-state index contributed by atoms with van der Waals surface area (Å²) < 4.78 is 0. The smallest absolute Gasteiger partial charge is 0.00670 e. The molecule has 1 saturated heterocycles. The predicted molar refractivity (Wildman–Crippen MR) is 69.7 cm³/mol. The van der Waals surface area contributed by atoms with Crippen LogP contribution in [0.4, 0.5) is 0 Å². The van der Waals surface area contributed by atoms with Crippen LogP contribution in [0.1, 0.15) is 52.4 Å². The Morgan fingerprint density at radius 3 is 2.75 bits per heavy atom. The number of rotatable bonds is 6. The summed E-state index contributed by atoms with van der Waals surface area (Å²) in [6.45, 7) is 8.58. The van der Waals surface area contributed by atoms with Crippen LogP contribution >= 0.6 is 0 Å². The molecule has 2 nitrogen and oxygen atoms in total. The highest BCUT2D eigenvalue weighted by Gasteiger charge is 2.27. The minimum absolute atomic E-state index is 0.763. The first kappa shape index (κ1) is 12.4. The van der Waals surface area contributed by atoms with E-state index in [2.05, 4.69) is 24.1 Å². The summed E-state index contributed by atoms with van der Waals surface area (Å²) in [7, 11) is 0. The van der Waals surface area contributed by atoms with Crippen molar-refractivity contribution in [1.29, 1.82) is 0 Å². The standard InChI is InChI=1S/C14H28N2/c1-12-6-3-4-10-16(12)11-5-9-15-13(2)14-7-8-14/h12-15H,3-11H2,1-2H3. The normalized spacial score (nSPS) is 29.2. The lowest BCUT2D eigenvalue weighted by atomic mass is 10.0. The van der Waals surface area contributed by atoms with Crippen molar-refractivity contribution >= 4 is 0 Å². The summed E-state index contributed by atoms with van der Waals surface area (Å²) in [4.78, 5) is 2.67. The molecular weight excluding hydrogens is 196 g/mol. The third kappa shape index (κ3) is 3.74. The van der Waals surface area contributed by atoms with Gasteiger partial charge in [-0.3, -0.25) is 0 Å². The van der Waals surface area contributed by atoms with Crippen LogP contribution in [0.5, 0.6) is 0 Å². The largest absolute Gasteiger partial charge is 0.314 e. The Morgan fingerprint density at radius 2 is 2.06 bits per heavy atom. The zero-order chi connectivity index (χ0) is 11.4. The van der Waals surface area contributed by atoms with Crippen molar-refractivity contribution in [2.75, 3.05) is 19.6 Å². The molecule has 0 bridgehead atoms. The summed E-state index contributed by atoms with van der Waals surface area (Å²) in [6.07, 6.45) is 8.49. The molecule has 2 unspecified atom stereocenters. The van der Waals surface area contributed by atoms with Gasteiger partial charge >= 0.3 is 0 Å². The zero-order valence-corrected chi connectivity index (χ0v) is 11.0. The van der Waals surface area contributed by atoms with E-state index in [4.69, 9.17) is 0 Å². The fourth-order valence-electron chi connectivity index (χ4n) is 2.86. The van der Waals surface area contributed by atoms with Crippen LogP contribution in [0.15, 0.2) is 0 Å². The van der Waals surface area contributed by atoms with Crippen molar-refractivity contribution in [3.63, 3.8) is 0 Å². The van der Waals surface area contributed by atoms with Crippen molar-refractivity contribution in [2.24, 2.45) is 5.92 Å². The highest BCUT2D eigenvalue weighted by atomic mass is 15.2. The molecule has 2 aliphatic rings. The highest BCUT2D eigenvalue weighted by Crippen LogP contribution is 2.32. The Kier molecular flexibility index (Phi) is 4.66. The first-order valence-electron chi connectivity index (χ1n) is 7.25. The molecule has 1 saturated carbocycles. The van der Waals surface area contributed by atoms with Crippen LogP contribution in [0.3, 0.4) is 0 Å². The number of likely N-dealkylation sites (tertiary alicyclic amines) is 1. The van der Waals surface area contributed by atoms with E-state index in [1.165, 1.54) is 58.2 Å². The molecule has 1 aliphatic carbocycles. The maximum absolute atomic E-state index is 3.67. The van der Waals surface area contributed by atoms with Crippen LogP contribution in [-0.4, -0.2) is 36.6 Å². The maximum atomic E-state index is 3.67. The molecule has 0 aromatic carbocycles. The van der Waals surface area contributed by atoms with Gasteiger partial charge in [0, 0.05) is 12.1 Å². The van der Waals surface area contributed by atoms with Gasteiger partial charge in [-0.05, 0) is 71.5 Å². The molecule has 1 heterocycles. The second kappa shape index (κ2) is 6.02. The molecule has 1 aliphatic heterocycles. The topological polar surface area (TPSA) is 15.3 Å². The molecule has 0 spiro atoms. The molecular formula is C14H28N2. The third-order valence-electron chi connectivity index (χ3n) is 4.36. The van der Waals surface area contributed by atoms with E-state index >= 15 is 0 Å². The van der Waals surface area contributed by atoms with E-state index in [1.54, 1.807) is 0 Å². The number of nitrogens with one attached hydrogen (secondary N) is 1. The van der Waals surface area contributed by atoms with E-state index in [-0.39, 0.29) is 0 Å². The van der Waals surface area contributed by atoms with Gasteiger partial charge in [-0.15, -0.1) is 0 Å². The molecule has 0 radical (unpaired) electrons. The molecule has 0 aromatic rings. The van der Waals surface area contributed by atoms with E-state index in [9.17, 15) is 0 Å². The highest BCUT2D eigenvalue weighted by molar-refractivity contribution is 4.83. The Labute approximate surface area is 101 Å². The van der Waals surface area contributed by atoms with Crippen LogP contribution < -0.4 is 5.32 Å². The molecule has 0 amide bonds. The van der Waals surface area contributed by atoms with Crippen molar-refractivity contribution in [3.05, 3.63) is 0 Å². The zero-order valence-electron chi connectivity index (χ0n) is 11.0. The molecule has 2 atom stereocenters. The molecule has 1 N–H and O–H groups in total. The second-order valence-corrected chi connectivity index (χ2v) is 5.81. The Bertz CT molecular complexity index is 201. The lowest BCUT2D eigenvalue weighted by Gasteiger charge is -2.33. The summed E-state index contributed by atoms with van der Waals surface area (Å²) in [6, 6.07) is 1.59. The number of piperidine rings is 1. The molecule has 94 valence electrons. The van der Waals surface area contributed by atoms with Gasteiger partial charge in [-0.2, -0.15) is 0 Å². The van der Waals surface area contributed by atoms with Crippen LogP contribution in [-0.2, 0) is 0 Å². The first-order chi connectivity index (χ1) is 7.77. The van der Waals surface area contributed by atoms with Crippen molar-refractivity contribution in [1.82, 2.24) is 10.2 Å². The van der Waals surface area contributed by atoms with Crippen molar-refractivity contribution in [3.8, 4) is 0 Å². The van der Waals surface area contributed by atoms with Gasteiger partial charge in [-0.25, -0.2) is 0 Å². The lowest BCUT2D eigenvalue weighted by molar-refractivity contribution is 0.158. The lowest BCUT2D eigenvalue weighted by Crippen LogP contribution is -2.39. The average molecular weight is 224 g/mol. The summed E-state index contributed by atoms with van der Waals surface area (Å²) >= 11 is 0. The first-order valence-corrected chi connectivity index (χ1v) is 7.25. The fourth-order valence-corrected chi connectivity index (χ4v) is 2.86. The van der Waals surface area contributed by atoms with Gasteiger partial charge in [0.15, 0.2) is 0 Å². The number of nitrogens with zero attached hydrogens (tertiary/aromatic N) is 1. The van der Waals surface area contributed by atoms with Gasteiger partial charge in [0.25, 0.3) is 0 Å². The summed E-state index contributed by atoms with van der Waals surface area (Å²) in [5, 5.41) is 3.67. The van der Waals surface area contributed by atoms with Gasteiger partial charge in [0.2, 0.25) is 0 Å². The van der Waals surface area contributed by atoms with Crippen molar-refractivity contribution in [2.45, 2.75) is 64.5 Å². The van der Waals surface area contributed by atoms with Crippen LogP contribution in [0.25, 0.3) is 0 Å². The van der Waals surface area contributed by atoms with Crippen molar-refractivity contribution < 1.29 is 0 Å². The predicted octanol–water partition coefficient (Wildman–Crippen LogP) is 2.64. The third-order valence-corrected chi connectivity index (χ3v) is 4.36. The number of hydrogen-bond acceptors (Lipinski definition) is 2. The molecule has 16 heavy (non-hydrogen) atoms. The van der Waals surface area contributed by atoms with E-state index in [1.807, 2.05) is 0 Å². The quantitative estimate of drug-likeness (QED) is 0.698. The Morgan fingerprint density at radius 1 is 1.25 bits per heavy atom. The van der Waals surface area contributed by atoms with Gasteiger partial charge in [0.1, 0.15) is 0 Å². The van der Waals surface area contributed by atoms with Gasteiger partial charge < -0.3 is 10.2 Å². The fraction of sp³-hybridized carbons (Fsp3) is 1.00.